The van der Waals surface area contributed by atoms with Crippen LogP contribution in [0.5, 0.6) is 17.2 Å². The molecule has 3 aromatic carbocycles. The number of methoxy groups -OCH3 is 2. The fourth-order valence-corrected chi connectivity index (χ4v) is 5.51. The summed E-state index contributed by atoms with van der Waals surface area (Å²) in [5.74, 6) is 1.05. The van der Waals surface area contributed by atoms with Crippen molar-refractivity contribution >= 4 is 28.5 Å². The first-order valence-corrected chi connectivity index (χ1v) is 14.4. The summed E-state index contributed by atoms with van der Waals surface area (Å²) in [6.07, 6.45) is 5.12. The van der Waals surface area contributed by atoms with Crippen LogP contribution in [-0.4, -0.2) is 53.7 Å². The van der Waals surface area contributed by atoms with Crippen molar-refractivity contribution in [2.75, 3.05) is 25.7 Å². The molecule has 1 aromatic heterocycles. The Labute approximate surface area is 245 Å². The molecule has 5 rings (SSSR count). The van der Waals surface area contributed by atoms with Gasteiger partial charge in [-0.15, -0.1) is 5.10 Å². The molecule has 1 aliphatic carbocycles. The molecule has 1 saturated carbocycles. The van der Waals surface area contributed by atoms with Crippen LogP contribution in [-0.2, 0) is 16.1 Å². The summed E-state index contributed by atoms with van der Waals surface area (Å²) in [6, 6.07) is 19.1. The lowest BCUT2D eigenvalue weighted by Gasteiger charge is -2.34. The number of benzene rings is 3. The van der Waals surface area contributed by atoms with Crippen LogP contribution in [0, 0.1) is 0 Å². The van der Waals surface area contributed by atoms with Gasteiger partial charge in [0, 0.05) is 17.8 Å². The van der Waals surface area contributed by atoms with Gasteiger partial charge in [0.25, 0.3) is 0 Å². The highest BCUT2D eigenvalue weighted by Crippen LogP contribution is 2.36. The van der Waals surface area contributed by atoms with E-state index in [4.69, 9.17) is 14.2 Å². The molecule has 1 N–H and O–H groups in total. The number of carbonyl (C=O) groups is 2. The minimum atomic E-state index is -0.969. The largest absolute Gasteiger partial charge is 0.494 e. The number of carbonyl (C=O) groups excluding carboxylic acids is 2. The number of rotatable bonds is 11. The van der Waals surface area contributed by atoms with E-state index in [1.807, 2.05) is 55.5 Å². The van der Waals surface area contributed by atoms with E-state index in [2.05, 4.69) is 15.6 Å². The number of hydrogen-bond acceptors (Lipinski definition) is 7. The number of anilines is 1. The molecular weight excluding hydrogens is 534 g/mol. The standard InChI is InChI=1S/C32H37N5O5/c1-4-42-25-17-14-22(15-18-25)31(32(39)33-23-10-6-5-7-11-23)37(24-16-19-28(40-2)29(20-24)41-3)30(38)21-36-27-13-9-8-12-26(27)34-35-36/h8-9,12-20,23,31H,4-7,10-11,21H2,1-3H3,(H,33,39)/t31-/m0/s1. The molecule has 0 radical (unpaired) electrons. The summed E-state index contributed by atoms with van der Waals surface area (Å²) in [4.78, 5) is 30.1. The molecule has 1 aliphatic rings. The van der Waals surface area contributed by atoms with E-state index in [0.717, 1.165) is 37.6 Å². The molecule has 0 saturated heterocycles. The minimum absolute atomic E-state index is 0.0538. The second kappa shape index (κ2) is 13.4. The normalized spacial score (nSPS) is 14.3. The van der Waals surface area contributed by atoms with E-state index in [1.54, 1.807) is 30.0 Å². The van der Waals surface area contributed by atoms with Gasteiger partial charge >= 0.3 is 0 Å². The lowest BCUT2D eigenvalue weighted by molar-refractivity contribution is -0.127. The van der Waals surface area contributed by atoms with E-state index in [1.165, 1.54) is 12.0 Å². The van der Waals surface area contributed by atoms with Crippen LogP contribution in [0.25, 0.3) is 11.0 Å². The smallest absolute Gasteiger partial charge is 0.249 e. The van der Waals surface area contributed by atoms with Gasteiger partial charge in [-0.3, -0.25) is 14.5 Å². The summed E-state index contributed by atoms with van der Waals surface area (Å²) in [6.45, 7) is 2.31. The molecule has 1 atom stereocenters. The lowest BCUT2D eigenvalue weighted by atomic mass is 9.94. The summed E-state index contributed by atoms with van der Waals surface area (Å²) in [5.41, 5.74) is 2.54. The van der Waals surface area contributed by atoms with Gasteiger partial charge in [-0.1, -0.05) is 48.7 Å². The third-order valence-corrected chi connectivity index (χ3v) is 7.58. The fourth-order valence-electron chi connectivity index (χ4n) is 5.51. The number of amides is 2. The Balaban J connectivity index is 1.60. The monoisotopic (exact) mass is 571 g/mol. The van der Waals surface area contributed by atoms with Crippen LogP contribution >= 0.6 is 0 Å². The van der Waals surface area contributed by atoms with Crippen molar-refractivity contribution in [3.8, 4) is 17.2 Å². The average Bonchev–Trinajstić information content (AvgIpc) is 3.43. The molecule has 0 aliphatic heterocycles. The van der Waals surface area contributed by atoms with Gasteiger partial charge in [-0.2, -0.15) is 0 Å². The molecule has 0 bridgehead atoms. The minimum Gasteiger partial charge on any atom is -0.494 e. The maximum Gasteiger partial charge on any atom is 0.249 e. The van der Waals surface area contributed by atoms with Crippen molar-refractivity contribution in [1.29, 1.82) is 0 Å². The van der Waals surface area contributed by atoms with Gasteiger partial charge < -0.3 is 19.5 Å². The Bertz CT molecular complexity index is 1510. The summed E-state index contributed by atoms with van der Waals surface area (Å²) in [5, 5.41) is 11.7. The Morgan fingerprint density at radius 3 is 2.43 bits per heavy atom. The molecule has 1 heterocycles. The molecule has 0 spiro atoms. The van der Waals surface area contributed by atoms with Crippen LogP contribution in [0.4, 0.5) is 5.69 Å². The van der Waals surface area contributed by atoms with Crippen molar-refractivity contribution < 1.29 is 23.8 Å². The van der Waals surface area contributed by atoms with Crippen LogP contribution in [0.2, 0.25) is 0 Å². The molecule has 42 heavy (non-hydrogen) atoms. The van der Waals surface area contributed by atoms with E-state index >= 15 is 0 Å². The second-order valence-electron chi connectivity index (χ2n) is 10.3. The zero-order valence-corrected chi connectivity index (χ0v) is 24.3. The van der Waals surface area contributed by atoms with Gasteiger partial charge in [0.15, 0.2) is 11.5 Å². The molecule has 220 valence electrons. The molecular formula is C32H37N5O5. The van der Waals surface area contributed by atoms with Crippen molar-refractivity contribution in [2.45, 2.75) is 57.7 Å². The highest BCUT2D eigenvalue weighted by molar-refractivity contribution is 6.02. The molecule has 10 heteroatoms. The van der Waals surface area contributed by atoms with Crippen molar-refractivity contribution in [3.63, 3.8) is 0 Å². The van der Waals surface area contributed by atoms with E-state index in [0.29, 0.717) is 40.6 Å². The van der Waals surface area contributed by atoms with Crippen LogP contribution in [0.15, 0.2) is 66.7 Å². The zero-order chi connectivity index (χ0) is 29.5. The number of aromatic nitrogens is 3. The predicted octanol–water partition coefficient (Wildman–Crippen LogP) is 5.07. The maximum atomic E-state index is 14.4. The maximum absolute atomic E-state index is 14.4. The second-order valence-corrected chi connectivity index (χ2v) is 10.3. The highest BCUT2D eigenvalue weighted by atomic mass is 16.5. The van der Waals surface area contributed by atoms with Gasteiger partial charge in [-0.25, -0.2) is 4.68 Å². The van der Waals surface area contributed by atoms with E-state index < -0.39 is 6.04 Å². The van der Waals surface area contributed by atoms with E-state index in [-0.39, 0.29) is 24.4 Å². The Kier molecular flexibility index (Phi) is 9.21. The highest BCUT2D eigenvalue weighted by Gasteiger charge is 2.35. The van der Waals surface area contributed by atoms with Crippen molar-refractivity contribution in [3.05, 3.63) is 72.3 Å². The Morgan fingerprint density at radius 1 is 0.976 bits per heavy atom. The summed E-state index contributed by atoms with van der Waals surface area (Å²) in [7, 11) is 3.09. The Hall–Kier alpha value is -4.60. The number of nitrogens with zero attached hydrogens (tertiary/aromatic N) is 4. The van der Waals surface area contributed by atoms with Gasteiger partial charge in [-0.05, 0) is 61.7 Å². The lowest BCUT2D eigenvalue weighted by Crippen LogP contribution is -2.48. The molecule has 0 unspecified atom stereocenters. The van der Waals surface area contributed by atoms with Gasteiger partial charge in [0.2, 0.25) is 11.8 Å². The predicted molar refractivity (Wildman–Crippen MR) is 160 cm³/mol. The van der Waals surface area contributed by atoms with Gasteiger partial charge in [0.05, 0.1) is 26.3 Å². The van der Waals surface area contributed by atoms with Gasteiger partial charge in [0.1, 0.15) is 23.9 Å². The SMILES string of the molecule is CCOc1ccc([C@@H](C(=O)NC2CCCCC2)N(C(=O)Cn2nnc3ccccc32)c2ccc(OC)c(OC)c2)cc1. The number of ether oxygens (including phenoxy) is 3. The topological polar surface area (TPSA) is 108 Å². The molecule has 2 amide bonds. The third kappa shape index (κ3) is 6.32. The Morgan fingerprint density at radius 2 is 1.71 bits per heavy atom. The third-order valence-electron chi connectivity index (χ3n) is 7.58. The number of para-hydroxylation sites is 1. The number of nitrogens with one attached hydrogen (secondary N) is 1. The first-order valence-electron chi connectivity index (χ1n) is 14.4. The van der Waals surface area contributed by atoms with Crippen LogP contribution in [0.3, 0.4) is 0 Å². The summed E-state index contributed by atoms with van der Waals surface area (Å²) < 4.78 is 18.2. The van der Waals surface area contributed by atoms with Crippen molar-refractivity contribution in [1.82, 2.24) is 20.3 Å². The molecule has 10 nitrogen and oxygen atoms in total. The van der Waals surface area contributed by atoms with Crippen LogP contribution < -0.4 is 24.4 Å². The molecule has 1 fully saturated rings. The van der Waals surface area contributed by atoms with Crippen molar-refractivity contribution in [2.24, 2.45) is 0 Å². The first-order chi connectivity index (χ1) is 20.5. The number of hydrogen-bond donors (Lipinski definition) is 1. The quantitative estimate of drug-likeness (QED) is 0.268. The summed E-state index contributed by atoms with van der Waals surface area (Å²) >= 11 is 0. The average molecular weight is 572 g/mol. The first kappa shape index (κ1) is 28.9. The zero-order valence-electron chi connectivity index (χ0n) is 24.3. The fraction of sp³-hybridized carbons (Fsp3) is 0.375. The van der Waals surface area contributed by atoms with E-state index in [9.17, 15) is 9.59 Å². The molecule has 4 aromatic rings. The number of fused-ring (bicyclic) bond motifs is 1. The van der Waals surface area contributed by atoms with Crippen LogP contribution in [0.1, 0.15) is 50.6 Å².